The molecule has 0 bridgehead atoms. The average Bonchev–Trinajstić information content (AvgIpc) is 2.70. The van der Waals surface area contributed by atoms with Crippen molar-refractivity contribution in [2.75, 3.05) is 14.1 Å². The summed E-state index contributed by atoms with van der Waals surface area (Å²) >= 11 is 0. The molecule has 4 N–H and O–H groups in total. The number of nitrogens with zero attached hydrogens (tertiary/aromatic N) is 6. The van der Waals surface area contributed by atoms with E-state index in [2.05, 4.69) is 109 Å². The van der Waals surface area contributed by atoms with Crippen LogP contribution in [0.5, 0.6) is 0 Å². The molecule has 32 heavy (non-hydrogen) atoms. The minimum atomic E-state index is 0.353. The maximum atomic E-state index is 4.62. The molecule has 2 aliphatic rings. The van der Waals surface area contributed by atoms with E-state index in [1.807, 2.05) is 14.1 Å². The van der Waals surface area contributed by atoms with E-state index in [-0.39, 0.29) is 0 Å². The number of hydrazine groups is 4. The van der Waals surface area contributed by atoms with Crippen LogP contribution < -0.4 is 21.7 Å². The summed E-state index contributed by atoms with van der Waals surface area (Å²) in [5, 5.41) is 14.3. The van der Waals surface area contributed by atoms with Crippen LogP contribution in [0.2, 0.25) is 0 Å². The van der Waals surface area contributed by atoms with Gasteiger partial charge in [-0.3, -0.25) is 10.9 Å². The maximum absolute atomic E-state index is 4.62. The molecule has 2 rings (SSSR count). The van der Waals surface area contributed by atoms with Crippen molar-refractivity contribution in [3.05, 3.63) is 23.8 Å². The summed E-state index contributed by atoms with van der Waals surface area (Å²) in [6.45, 7) is 17.5. The van der Waals surface area contributed by atoms with Crippen LogP contribution in [-0.2, 0) is 0 Å². The van der Waals surface area contributed by atoms with Crippen LogP contribution in [0.15, 0.2) is 34.0 Å². The van der Waals surface area contributed by atoms with Crippen LogP contribution in [0.4, 0.5) is 0 Å². The highest BCUT2D eigenvalue weighted by atomic mass is 33.1. The van der Waals surface area contributed by atoms with Gasteiger partial charge in [0.25, 0.3) is 0 Å². The number of rotatable bonds is 8. The molecule has 0 aromatic heterocycles. The molecule has 0 atom stereocenters. The number of hydrogen-bond acceptors (Lipinski definition) is 12. The Morgan fingerprint density at radius 2 is 1.00 bits per heavy atom. The van der Waals surface area contributed by atoms with Gasteiger partial charge in [-0.15, -0.1) is 20.7 Å². The zero-order chi connectivity index (χ0) is 24.0. The molecule has 12 heteroatoms. The molecule has 182 valence electrons. The maximum Gasteiger partial charge on any atom is 0.134 e. The van der Waals surface area contributed by atoms with Crippen LogP contribution >= 0.6 is 21.6 Å². The zero-order valence-electron chi connectivity index (χ0n) is 21.0. The minimum Gasteiger partial charge on any atom is -0.352 e. The predicted octanol–water partition coefficient (Wildman–Crippen LogP) is 2.82. The largest absolute Gasteiger partial charge is 0.352 e. The van der Waals surface area contributed by atoms with Crippen LogP contribution in [0, 0.1) is 0 Å². The third kappa shape index (κ3) is 6.87. The fraction of sp³-hybridized carbons (Fsp3) is 0.700. The molecule has 0 amide bonds. The Morgan fingerprint density at radius 3 is 1.25 bits per heavy atom. The highest BCUT2D eigenvalue weighted by molar-refractivity contribution is 8.87. The Bertz CT molecular complexity index is 667. The quantitative estimate of drug-likeness (QED) is 0.386. The lowest BCUT2D eigenvalue weighted by molar-refractivity contribution is 0.103. The van der Waals surface area contributed by atoms with Crippen molar-refractivity contribution in [2.24, 2.45) is 10.2 Å². The van der Waals surface area contributed by atoms with Gasteiger partial charge in [0, 0.05) is 50.4 Å². The number of hydrogen-bond donors (Lipinski definition) is 4. The molecule has 0 fully saturated rings. The lowest BCUT2D eigenvalue weighted by Gasteiger charge is -2.39. The summed E-state index contributed by atoms with van der Waals surface area (Å²) in [6.07, 6.45) is 4.17. The summed E-state index contributed by atoms with van der Waals surface area (Å²) in [5.41, 5.74) is 12.8. The van der Waals surface area contributed by atoms with Crippen molar-refractivity contribution in [1.82, 2.24) is 42.0 Å². The van der Waals surface area contributed by atoms with Crippen molar-refractivity contribution in [3.63, 3.8) is 0 Å². The normalized spacial score (nSPS) is 16.7. The van der Waals surface area contributed by atoms with Crippen LogP contribution in [0.25, 0.3) is 0 Å². The van der Waals surface area contributed by atoms with Crippen molar-refractivity contribution < 1.29 is 0 Å². The first-order valence-corrected chi connectivity index (χ1v) is 13.2. The SMILES string of the molecule is CNN1N=C(SSC2=NN(NC)NC(N(C(C)C)C(C)C)=C2)C=C(N(C(C)C)C(C)C)N1. The molecule has 0 unspecified atom stereocenters. The molecule has 0 radical (unpaired) electrons. The third-order valence-electron chi connectivity index (χ3n) is 4.78. The summed E-state index contributed by atoms with van der Waals surface area (Å²) in [7, 11) is 6.83. The van der Waals surface area contributed by atoms with E-state index in [1.54, 1.807) is 32.0 Å². The van der Waals surface area contributed by atoms with E-state index in [9.17, 15) is 0 Å². The topological polar surface area (TPSA) is 85.8 Å². The van der Waals surface area contributed by atoms with Gasteiger partial charge in [-0.05, 0) is 77.0 Å². The van der Waals surface area contributed by atoms with Gasteiger partial charge in [0.2, 0.25) is 0 Å². The van der Waals surface area contributed by atoms with Gasteiger partial charge in [-0.1, -0.05) is 0 Å². The zero-order valence-corrected chi connectivity index (χ0v) is 22.6. The predicted molar refractivity (Wildman–Crippen MR) is 139 cm³/mol. The molecule has 0 aromatic rings. The second-order valence-electron chi connectivity index (χ2n) is 8.59. The van der Waals surface area contributed by atoms with E-state index in [4.69, 9.17) is 0 Å². The van der Waals surface area contributed by atoms with Gasteiger partial charge in [0.05, 0.1) is 0 Å². The molecular formula is C20H40N10S2. The second-order valence-corrected chi connectivity index (χ2v) is 10.8. The van der Waals surface area contributed by atoms with Gasteiger partial charge in [-0.2, -0.15) is 0 Å². The summed E-state index contributed by atoms with van der Waals surface area (Å²) in [5.74, 6) is 2.02. The molecule has 2 aliphatic heterocycles. The van der Waals surface area contributed by atoms with Gasteiger partial charge >= 0.3 is 0 Å². The van der Waals surface area contributed by atoms with Crippen molar-refractivity contribution >= 4 is 31.7 Å². The molecule has 0 spiro atoms. The Balaban J connectivity index is 2.23. The second kappa shape index (κ2) is 11.9. The lowest BCUT2D eigenvalue weighted by atomic mass is 10.2. The van der Waals surface area contributed by atoms with E-state index >= 15 is 0 Å². The van der Waals surface area contributed by atoms with Crippen molar-refractivity contribution in [1.29, 1.82) is 0 Å². The standard InChI is InChI=1S/C20H40N10S2/c1-13(2)27(14(3)4)17-11-19(25-29(21-9)23-17)31-32-20-12-18(24-30(22-10)26-20)28(15(5)6)16(7)8/h11-16,21-24H,1-10H3. The molecule has 0 saturated carbocycles. The summed E-state index contributed by atoms with van der Waals surface area (Å²) in [4.78, 5) is 4.66. The average molecular weight is 485 g/mol. The molecule has 0 aromatic carbocycles. The van der Waals surface area contributed by atoms with Gasteiger partial charge in [-0.25, -0.2) is 10.9 Å². The van der Waals surface area contributed by atoms with Gasteiger partial charge in [0.1, 0.15) is 21.7 Å². The smallest absolute Gasteiger partial charge is 0.134 e. The fourth-order valence-electron chi connectivity index (χ4n) is 3.77. The molecule has 0 aliphatic carbocycles. The van der Waals surface area contributed by atoms with Crippen molar-refractivity contribution in [2.45, 2.75) is 79.6 Å². The molecule has 2 heterocycles. The number of hydrazone groups is 2. The third-order valence-corrected chi connectivity index (χ3v) is 6.87. The molecular weight excluding hydrogens is 444 g/mol. The Hall–Kier alpha value is -1.76. The highest BCUT2D eigenvalue weighted by Gasteiger charge is 2.25. The Morgan fingerprint density at radius 1 is 0.688 bits per heavy atom. The first-order chi connectivity index (χ1) is 15.1. The fourth-order valence-corrected chi connectivity index (χ4v) is 5.49. The Labute approximate surface area is 201 Å². The van der Waals surface area contributed by atoms with Gasteiger partial charge in [0.15, 0.2) is 0 Å². The molecule has 0 saturated heterocycles. The van der Waals surface area contributed by atoms with E-state index in [0.717, 1.165) is 21.7 Å². The Kier molecular flexibility index (Phi) is 9.86. The molecule has 10 nitrogen and oxygen atoms in total. The van der Waals surface area contributed by atoms with E-state index in [1.165, 1.54) is 0 Å². The summed E-state index contributed by atoms with van der Waals surface area (Å²) < 4.78 is 0. The van der Waals surface area contributed by atoms with Crippen LogP contribution in [0.3, 0.4) is 0 Å². The van der Waals surface area contributed by atoms with Crippen LogP contribution in [0.1, 0.15) is 55.4 Å². The first-order valence-electron chi connectivity index (χ1n) is 11.1. The number of nitrogens with one attached hydrogen (secondary N) is 4. The van der Waals surface area contributed by atoms with E-state index in [0.29, 0.717) is 24.2 Å². The summed E-state index contributed by atoms with van der Waals surface area (Å²) in [6, 6.07) is 1.41. The monoisotopic (exact) mass is 484 g/mol. The van der Waals surface area contributed by atoms with Gasteiger partial charge < -0.3 is 9.80 Å². The minimum absolute atomic E-state index is 0.353. The first kappa shape index (κ1) is 26.5. The van der Waals surface area contributed by atoms with Crippen molar-refractivity contribution in [3.8, 4) is 0 Å². The lowest BCUT2D eigenvalue weighted by Crippen LogP contribution is -2.51. The van der Waals surface area contributed by atoms with E-state index < -0.39 is 0 Å². The highest BCUT2D eigenvalue weighted by Crippen LogP contribution is 2.31. The van der Waals surface area contributed by atoms with Crippen LogP contribution in [-0.4, -0.2) is 68.6 Å².